The lowest BCUT2D eigenvalue weighted by atomic mass is 10.1. The van der Waals surface area contributed by atoms with Gasteiger partial charge in [0.15, 0.2) is 0 Å². The van der Waals surface area contributed by atoms with Crippen molar-refractivity contribution in [2.45, 2.75) is 13.3 Å². The third-order valence-corrected chi connectivity index (χ3v) is 3.40. The first-order valence-corrected chi connectivity index (χ1v) is 6.78. The lowest BCUT2D eigenvalue weighted by Crippen LogP contribution is -2.40. The molecule has 1 N–H and O–H groups in total. The van der Waals surface area contributed by atoms with E-state index in [1.54, 1.807) is 0 Å². The van der Waals surface area contributed by atoms with Crippen molar-refractivity contribution in [2.75, 3.05) is 31.6 Å². The SMILES string of the molecule is CC(=O)Nc1ccc(CC(=S)N2CCOCC2)cc1. The first kappa shape index (κ1) is 14.0. The molecule has 1 aromatic rings. The molecule has 0 aromatic heterocycles. The fourth-order valence-corrected chi connectivity index (χ4v) is 2.36. The summed E-state index contributed by atoms with van der Waals surface area (Å²) in [7, 11) is 0. The predicted molar refractivity (Wildman–Crippen MR) is 79.4 cm³/mol. The summed E-state index contributed by atoms with van der Waals surface area (Å²) >= 11 is 5.46. The summed E-state index contributed by atoms with van der Waals surface area (Å²) in [5, 5.41) is 2.75. The molecule has 1 aliphatic rings. The minimum atomic E-state index is -0.0587. The van der Waals surface area contributed by atoms with Crippen LogP contribution in [0.5, 0.6) is 0 Å². The van der Waals surface area contributed by atoms with E-state index in [0.717, 1.165) is 49.0 Å². The van der Waals surface area contributed by atoms with Crippen LogP contribution in [0.2, 0.25) is 0 Å². The summed E-state index contributed by atoms with van der Waals surface area (Å²) in [5.74, 6) is -0.0587. The molecule has 0 unspecified atom stereocenters. The van der Waals surface area contributed by atoms with Crippen molar-refractivity contribution in [3.8, 4) is 0 Å². The number of hydrogen-bond acceptors (Lipinski definition) is 3. The maximum Gasteiger partial charge on any atom is 0.221 e. The van der Waals surface area contributed by atoms with Crippen molar-refractivity contribution in [1.82, 2.24) is 4.90 Å². The Labute approximate surface area is 118 Å². The average molecular weight is 278 g/mol. The van der Waals surface area contributed by atoms with Crippen LogP contribution in [0.1, 0.15) is 12.5 Å². The van der Waals surface area contributed by atoms with Crippen molar-refractivity contribution in [2.24, 2.45) is 0 Å². The second kappa shape index (κ2) is 6.63. The second-order valence-corrected chi connectivity index (χ2v) is 5.02. The van der Waals surface area contributed by atoms with E-state index in [1.165, 1.54) is 6.92 Å². The standard InChI is InChI=1S/C14H18N2O2S/c1-11(17)15-13-4-2-12(3-5-13)10-14(19)16-6-8-18-9-7-16/h2-5H,6-10H2,1H3,(H,15,17). The van der Waals surface area contributed by atoms with Gasteiger partial charge in [-0.15, -0.1) is 0 Å². The molecule has 0 bridgehead atoms. The topological polar surface area (TPSA) is 41.6 Å². The number of hydrogen-bond donors (Lipinski definition) is 1. The summed E-state index contributed by atoms with van der Waals surface area (Å²) in [4.78, 5) is 14.1. The van der Waals surface area contributed by atoms with Gasteiger partial charge in [-0.1, -0.05) is 24.4 Å². The van der Waals surface area contributed by atoms with Crippen molar-refractivity contribution < 1.29 is 9.53 Å². The average Bonchev–Trinajstić information content (AvgIpc) is 2.41. The first-order valence-electron chi connectivity index (χ1n) is 6.37. The van der Waals surface area contributed by atoms with Gasteiger partial charge in [-0.25, -0.2) is 0 Å². The molecule has 2 rings (SSSR count). The number of carbonyl (C=O) groups is 1. The number of rotatable bonds is 3. The van der Waals surface area contributed by atoms with Gasteiger partial charge in [0.2, 0.25) is 5.91 Å². The van der Waals surface area contributed by atoms with Crippen LogP contribution in [-0.2, 0) is 16.0 Å². The quantitative estimate of drug-likeness (QED) is 0.857. The Kier molecular flexibility index (Phi) is 4.87. The van der Waals surface area contributed by atoms with E-state index in [4.69, 9.17) is 17.0 Å². The molecule has 5 heteroatoms. The van der Waals surface area contributed by atoms with Gasteiger partial charge >= 0.3 is 0 Å². The Bertz CT molecular complexity index is 453. The van der Waals surface area contributed by atoms with Crippen LogP contribution < -0.4 is 5.32 Å². The molecule has 0 spiro atoms. The molecule has 1 fully saturated rings. The molecule has 0 saturated carbocycles. The molecule has 0 radical (unpaired) electrons. The molecule has 1 saturated heterocycles. The number of amides is 1. The molecule has 102 valence electrons. The monoisotopic (exact) mass is 278 g/mol. The third-order valence-electron chi connectivity index (χ3n) is 2.99. The fraction of sp³-hybridized carbons (Fsp3) is 0.429. The number of ether oxygens (including phenoxy) is 1. The molecular formula is C14H18N2O2S. The lowest BCUT2D eigenvalue weighted by molar-refractivity contribution is -0.114. The highest BCUT2D eigenvalue weighted by molar-refractivity contribution is 7.80. The fourth-order valence-electron chi connectivity index (χ4n) is 2.01. The normalized spacial score (nSPS) is 15.1. The molecule has 1 aromatic carbocycles. The van der Waals surface area contributed by atoms with E-state index in [1.807, 2.05) is 24.3 Å². The van der Waals surface area contributed by atoms with E-state index in [0.29, 0.717) is 0 Å². The largest absolute Gasteiger partial charge is 0.378 e. The van der Waals surface area contributed by atoms with Gasteiger partial charge in [0.1, 0.15) is 0 Å². The molecule has 4 nitrogen and oxygen atoms in total. The minimum absolute atomic E-state index is 0.0587. The zero-order chi connectivity index (χ0) is 13.7. The number of anilines is 1. The van der Waals surface area contributed by atoms with Crippen molar-refractivity contribution in [3.63, 3.8) is 0 Å². The van der Waals surface area contributed by atoms with Crippen LogP contribution in [0, 0.1) is 0 Å². The van der Waals surface area contributed by atoms with Gasteiger partial charge in [-0.05, 0) is 17.7 Å². The zero-order valence-corrected chi connectivity index (χ0v) is 11.8. The third kappa shape index (κ3) is 4.29. The maximum absolute atomic E-state index is 10.9. The van der Waals surface area contributed by atoms with Crippen molar-refractivity contribution in [3.05, 3.63) is 29.8 Å². The van der Waals surface area contributed by atoms with E-state index >= 15 is 0 Å². The number of morpholine rings is 1. The number of thiocarbonyl (C=S) groups is 1. The summed E-state index contributed by atoms with van der Waals surface area (Å²) in [6, 6.07) is 7.80. The number of carbonyl (C=O) groups excluding carboxylic acids is 1. The predicted octanol–water partition coefficient (Wildman–Crippen LogP) is 1.85. The Morgan fingerprint density at radius 2 is 1.95 bits per heavy atom. The number of nitrogens with one attached hydrogen (secondary N) is 1. The highest BCUT2D eigenvalue weighted by Crippen LogP contribution is 2.12. The molecule has 1 amide bonds. The highest BCUT2D eigenvalue weighted by atomic mass is 32.1. The smallest absolute Gasteiger partial charge is 0.221 e. The molecule has 1 heterocycles. The molecule has 0 atom stereocenters. The molecule has 1 aliphatic heterocycles. The molecule has 19 heavy (non-hydrogen) atoms. The Morgan fingerprint density at radius 3 is 2.53 bits per heavy atom. The highest BCUT2D eigenvalue weighted by Gasteiger charge is 2.13. The van der Waals surface area contributed by atoms with Crippen LogP contribution in [0.3, 0.4) is 0 Å². The number of benzene rings is 1. The second-order valence-electron chi connectivity index (χ2n) is 4.55. The van der Waals surface area contributed by atoms with Crippen LogP contribution in [0.15, 0.2) is 24.3 Å². The Hall–Kier alpha value is -1.46. The van der Waals surface area contributed by atoms with E-state index in [9.17, 15) is 4.79 Å². The van der Waals surface area contributed by atoms with Gasteiger partial charge < -0.3 is 15.0 Å². The van der Waals surface area contributed by atoms with E-state index in [2.05, 4.69) is 10.2 Å². The van der Waals surface area contributed by atoms with Gasteiger partial charge in [0, 0.05) is 32.1 Å². The van der Waals surface area contributed by atoms with Gasteiger partial charge in [0.25, 0.3) is 0 Å². The van der Waals surface area contributed by atoms with Crippen LogP contribution in [0.25, 0.3) is 0 Å². The van der Waals surface area contributed by atoms with Gasteiger partial charge in [-0.3, -0.25) is 4.79 Å². The molecular weight excluding hydrogens is 260 g/mol. The maximum atomic E-state index is 10.9. The number of nitrogens with zero attached hydrogens (tertiary/aromatic N) is 1. The van der Waals surface area contributed by atoms with Gasteiger partial charge in [-0.2, -0.15) is 0 Å². The summed E-state index contributed by atoms with van der Waals surface area (Å²) < 4.78 is 5.31. The zero-order valence-electron chi connectivity index (χ0n) is 11.0. The van der Waals surface area contributed by atoms with E-state index < -0.39 is 0 Å². The van der Waals surface area contributed by atoms with Crippen LogP contribution in [-0.4, -0.2) is 42.1 Å². The first-order chi connectivity index (χ1) is 9.15. The van der Waals surface area contributed by atoms with Crippen molar-refractivity contribution in [1.29, 1.82) is 0 Å². The Morgan fingerprint density at radius 1 is 1.32 bits per heavy atom. The molecule has 0 aliphatic carbocycles. The summed E-state index contributed by atoms with van der Waals surface area (Å²) in [6.07, 6.45) is 0.760. The van der Waals surface area contributed by atoms with Crippen molar-refractivity contribution >= 4 is 28.8 Å². The van der Waals surface area contributed by atoms with Crippen LogP contribution >= 0.6 is 12.2 Å². The summed E-state index contributed by atoms with van der Waals surface area (Å²) in [6.45, 7) is 4.76. The van der Waals surface area contributed by atoms with E-state index in [-0.39, 0.29) is 5.91 Å². The lowest BCUT2D eigenvalue weighted by Gasteiger charge is -2.29. The minimum Gasteiger partial charge on any atom is -0.378 e. The summed E-state index contributed by atoms with van der Waals surface area (Å²) in [5.41, 5.74) is 1.97. The Balaban J connectivity index is 1.91. The van der Waals surface area contributed by atoms with Crippen LogP contribution in [0.4, 0.5) is 5.69 Å². The van der Waals surface area contributed by atoms with Gasteiger partial charge in [0.05, 0.1) is 18.2 Å².